The normalized spacial score (nSPS) is 13.8. The number of carbonyl (C=O) groups excluding carboxylic acids is 2. The largest absolute Gasteiger partial charge is 0.504 e. The summed E-state index contributed by atoms with van der Waals surface area (Å²) in [5.74, 6) is -3.10. The van der Waals surface area contributed by atoms with Crippen LogP contribution in [0.5, 0.6) is 11.5 Å². The van der Waals surface area contributed by atoms with Crippen LogP contribution in [0.25, 0.3) is 0 Å². The van der Waals surface area contributed by atoms with Crippen LogP contribution in [0.15, 0.2) is 54.6 Å². The molecule has 1 atom stereocenters. The Hall–Kier alpha value is -3.25. The predicted octanol–water partition coefficient (Wildman–Crippen LogP) is 3.43. The van der Waals surface area contributed by atoms with Gasteiger partial charge in [-0.05, 0) is 30.3 Å². The molecule has 9 nitrogen and oxygen atoms in total. The van der Waals surface area contributed by atoms with Gasteiger partial charge < -0.3 is 9.29 Å². The molecule has 1 aliphatic rings. The number of halogens is 1. The highest BCUT2D eigenvalue weighted by molar-refractivity contribution is 7.86. The fraction of sp³-hybridized carbons (Fsp3) is 0.0476. The van der Waals surface area contributed by atoms with Crippen molar-refractivity contribution in [2.24, 2.45) is 0 Å². The average Bonchev–Trinajstić information content (AvgIpc) is 2.74. The summed E-state index contributed by atoms with van der Waals surface area (Å²) in [6, 6.07) is 12.5. The van der Waals surface area contributed by atoms with E-state index in [-0.39, 0.29) is 22.4 Å². The number of phenolic OH excluding ortho intramolecular Hbond substituents is 1. The quantitative estimate of drug-likeness (QED) is 0.309. The lowest BCUT2D eigenvalue weighted by Gasteiger charge is -2.26. The van der Waals surface area contributed by atoms with Crippen LogP contribution in [0.2, 0.25) is 5.02 Å². The Morgan fingerprint density at radius 3 is 2.09 bits per heavy atom. The second kappa shape index (κ2) is 8.27. The zero-order valence-corrected chi connectivity index (χ0v) is 19.1. The van der Waals surface area contributed by atoms with E-state index in [9.17, 15) is 31.9 Å². The zero-order valence-electron chi connectivity index (χ0n) is 16.7. The summed E-state index contributed by atoms with van der Waals surface area (Å²) in [5, 5.41) is 11.2. The Morgan fingerprint density at radius 2 is 1.55 bits per heavy atom. The number of carbonyl (C=O) groups is 2. The Bertz CT molecular complexity index is 1450. The van der Waals surface area contributed by atoms with Gasteiger partial charge in [0.05, 0.1) is 17.5 Å². The first-order chi connectivity index (χ1) is 15.5. The summed E-state index contributed by atoms with van der Waals surface area (Å²) in [4.78, 5) is 26.2. The molecule has 12 heteroatoms. The number of rotatable bonds is 5. The molecule has 0 aromatic heterocycles. The SMILES string of the molecule is CS(=O)(=O)Oc1c(N(c2ccc(Cl)cc2)S(=O)O)cc2c(c1O)C(=O)c1ccccc1C2=O. The molecule has 0 radical (unpaired) electrons. The fourth-order valence-corrected chi connectivity index (χ4v) is 4.68. The van der Waals surface area contributed by atoms with E-state index < -0.39 is 55.7 Å². The third-order valence-electron chi connectivity index (χ3n) is 4.79. The van der Waals surface area contributed by atoms with Gasteiger partial charge >= 0.3 is 10.1 Å². The molecule has 0 saturated carbocycles. The summed E-state index contributed by atoms with van der Waals surface area (Å²) in [6.45, 7) is 0. The number of ketones is 2. The molecule has 0 aliphatic heterocycles. The number of phenols is 1. The van der Waals surface area contributed by atoms with Crippen molar-refractivity contribution in [1.82, 2.24) is 0 Å². The average molecular weight is 508 g/mol. The van der Waals surface area contributed by atoms with Gasteiger partial charge in [-0.3, -0.25) is 14.1 Å². The lowest BCUT2D eigenvalue weighted by Crippen LogP contribution is -2.25. The summed E-state index contributed by atoms with van der Waals surface area (Å²) < 4.78 is 51.8. The molecule has 0 heterocycles. The van der Waals surface area contributed by atoms with Crippen LogP contribution in [-0.2, 0) is 21.4 Å². The Morgan fingerprint density at radius 1 is 0.970 bits per heavy atom. The molecule has 4 rings (SSSR count). The van der Waals surface area contributed by atoms with Crippen molar-refractivity contribution >= 4 is 55.9 Å². The molecule has 2 N–H and O–H groups in total. The first kappa shape index (κ1) is 22.9. The minimum atomic E-state index is -4.27. The topological polar surface area (TPSA) is 138 Å². The molecular formula is C21H14ClNO8S2. The third-order valence-corrected chi connectivity index (χ3v) is 6.24. The molecule has 33 heavy (non-hydrogen) atoms. The Kier molecular flexibility index (Phi) is 5.74. The molecule has 0 bridgehead atoms. The van der Waals surface area contributed by atoms with Gasteiger partial charge in [-0.25, -0.2) is 8.51 Å². The molecule has 3 aromatic rings. The Labute approximate surface area is 195 Å². The number of anilines is 2. The molecular weight excluding hydrogens is 494 g/mol. The van der Waals surface area contributed by atoms with Gasteiger partial charge in [0.2, 0.25) is 5.75 Å². The number of nitrogens with zero attached hydrogens (tertiary/aromatic N) is 1. The number of benzene rings is 3. The lowest BCUT2D eigenvalue weighted by molar-refractivity contribution is 0.0976. The molecule has 0 amide bonds. The van der Waals surface area contributed by atoms with E-state index in [0.717, 1.165) is 10.4 Å². The first-order valence-corrected chi connectivity index (χ1v) is 12.4. The highest BCUT2D eigenvalue weighted by Gasteiger charge is 2.37. The third kappa shape index (κ3) is 4.11. The summed E-state index contributed by atoms with van der Waals surface area (Å²) in [5.41, 5.74) is -1.03. The molecule has 1 unspecified atom stereocenters. The second-order valence-corrected chi connectivity index (χ2v) is 9.83. The molecule has 170 valence electrons. The van der Waals surface area contributed by atoms with Gasteiger partial charge in [-0.1, -0.05) is 35.9 Å². The van der Waals surface area contributed by atoms with E-state index in [1.807, 2.05) is 0 Å². The van der Waals surface area contributed by atoms with Gasteiger partial charge in [0.1, 0.15) is 5.69 Å². The molecule has 0 fully saturated rings. The number of hydrogen-bond donors (Lipinski definition) is 2. The summed E-state index contributed by atoms with van der Waals surface area (Å²) in [6.07, 6.45) is 0.695. The molecule has 1 aliphatic carbocycles. The second-order valence-electron chi connectivity index (χ2n) is 6.99. The van der Waals surface area contributed by atoms with Crippen LogP contribution in [0.4, 0.5) is 11.4 Å². The van der Waals surface area contributed by atoms with E-state index in [1.54, 1.807) is 6.07 Å². The molecule has 0 saturated heterocycles. The molecule has 0 spiro atoms. The van der Waals surface area contributed by atoms with Crippen LogP contribution in [0.3, 0.4) is 0 Å². The number of aromatic hydroxyl groups is 1. The van der Waals surface area contributed by atoms with Crippen molar-refractivity contribution in [2.75, 3.05) is 10.6 Å². The monoisotopic (exact) mass is 507 g/mol. The van der Waals surface area contributed by atoms with E-state index in [4.69, 9.17) is 15.8 Å². The predicted molar refractivity (Wildman–Crippen MR) is 121 cm³/mol. The summed E-state index contributed by atoms with van der Waals surface area (Å²) in [7, 11) is -4.27. The van der Waals surface area contributed by atoms with Gasteiger partial charge in [-0.15, -0.1) is 0 Å². The maximum absolute atomic E-state index is 13.1. The van der Waals surface area contributed by atoms with E-state index in [0.29, 0.717) is 11.3 Å². The first-order valence-electron chi connectivity index (χ1n) is 9.14. The van der Waals surface area contributed by atoms with Crippen molar-refractivity contribution in [1.29, 1.82) is 0 Å². The van der Waals surface area contributed by atoms with Crippen molar-refractivity contribution in [2.45, 2.75) is 0 Å². The van der Waals surface area contributed by atoms with E-state index in [1.165, 1.54) is 42.5 Å². The van der Waals surface area contributed by atoms with Crippen molar-refractivity contribution in [3.8, 4) is 11.5 Å². The zero-order chi connectivity index (χ0) is 24.1. The fourth-order valence-electron chi connectivity index (χ4n) is 3.48. The summed E-state index contributed by atoms with van der Waals surface area (Å²) >= 11 is 3.06. The van der Waals surface area contributed by atoms with Gasteiger partial charge in [0, 0.05) is 21.7 Å². The maximum atomic E-state index is 13.1. The smallest absolute Gasteiger partial charge is 0.306 e. The van der Waals surface area contributed by atoms with Crippen molar-refractivity contribution < 1.29 is 36.1 Å². The van der Waals surface area contributed by atoms with Crippen molar-refractivity contribution in [3.63, 3.8) is 0 Å². The number of fused-ring (bicyclic) bond motifs is 2. The maximum Gasteiger partial charge on any atom is 0.306 e. The molecule has 3 aromatic carbocycles. The van der Waals surface area contributed by atoms with Crippen LogP contribution in [-0.4, -0.2) is 40.1 Å². The van der Waals surface area contributed by atoms with Gasteiger partial charge in [0.15, 0.2) is 17.3 Å². The van der Waals surface area contributed by atoms with E-state index >= 15 is 0 Å². The Balaban J connectivity index is 2.05. The minimum Gasteiger partial charge on any atom is -0.504 e. The van der Waals surface area contributed by atoms with Gasteiger partial charge in [0.25, 0.3) is 11.3 Å². The number of hydrogen-bond acceptors (Lipinski definition) is 7. The van der Waals surface area contributed by atoms with Crippen LogP contribution in [0, 0.1) is 0 Å². The van der Waals surface area contributed by atoms with Gasteiger partial charge in [-0.2, -0.15) is 8.42 Å². The highest BCUT2D eigenvalue weighted by atomic mass is 35.5. The minimum absolute atomic E-state index is 0.0173. The van der Waals surface area contributed by atoms with Crippen molar-refractivity contribution in [3.05, 3.63) is 81.9 Å². The van der Waals surface area contributed by atoms with Crippen LogP contribution >= 0.6 is 11.6 Å². The lowest BCUT2D eigenvalue weighted by atomic mass is 9.83. The van der Waals surface area contributed by atoms with Crippen LogP contribution in [0.1, 0.15) is 31.8 Å². The highest BCUT2D eigenvalue weighted by Crippen LogP contribution is 2.47. The van der Waals surface area contributed by atoms with E-state index in [2.05, 4.69) is 0 Å². The standard InChI is InChI=1S/C21H14ClNO8S2/c1-33(29,30)31-21-16(23(32(27)28)12-8-6-11(22)7-9-12)10-15-17(20(21)26)19(25)14-5-3-2-4-13(14)18(15)24/h2-10,26H,1H3,(H,27,28). The van der Waals surface area contributed by atoms with Crippen LogP contribution < -0.4 is 8.49 Å².